The first-order valence-corrected chi connectivity index (χ1v) is 5.20. The first-order valence-electron chi connectivity index (χ1n) is 5.20. The highest BCUT2D eigenvalue weighted by Gasteiger charge is 2.14. The summed E-state index contributed by atoms with van der Waals surface area (Å²) in [6, 6.07) is 6.08. The van der Waals surface area contributed by atoms with Crippen LogP contribution in [0.3, 0.4) is 0 Å². The van der Waals surface area contributed by atoms with Crippen LogP contribution in [0, 0.1) is 11.6 Å². The molecule has 0 aliphatic heterocycles. The molecule has 2 N–H and O–H groups in total. The second-order valence-corrected chi connectivity index (χ2v) is 3.97. The SMILES string of the molecule is O=c1[nH]c2cccc(F)c2c2c(F)cc(O)cc12. The van der Waals surface area contributed by atoms with Crippen molar-refractivity contribution in [3.8, 4) is 5.75 Å². The van der Waals surface area contributed by atoms with Crippen molar-refractivity contribution in [1.82, 2.24) is 4.98 Å². The van der Waals surface area contributed by atoms with Crippen LogP contribution in [0.25, 0.3) is 21.7 Å². The van der Waals surface area contributed by atoms with E-state index in [1.54, 1.807) is 0 Å². The van der Waals surface area contributed by atoms with Gasteiger partial charge in [0.1, 0.15) is 17.4 Å². The van der Waals surface area contributed by atoms with Crippen molar-refractivity contribution in [3.05, 3.63) is 52.3 Å². The lowest BCUT2D eigenvalue weighted by Crippen LogP contribution is -2.07. The lowest BCUT2D eigenvalue weighted by atomic mass is 10.1. The molecule has 0 fully saturated rings. The molecule has 0 unspecified atom stereocenters. The molecule has 0 spiro atoms. The van der Waals surface area contributed by atoms with E-state index in [0.717, 1.165) is 12.1 Å². The standard InChI is InChI=1S/C13H7F2NO2/c14-8-2-1-3-10-12(8)11-7(13(18)16-10)4-6(17)5-9(11)15/h1-5,17H,(H,16,18). The van der Waals surface area contributed by atoms with Gasteiger partial charge in [0.2, 0.25) is 0 Å². The zero-order chi connectivity index (χ0) is 12.9. The molecule has 18 heavy (non-hydrogen) atoms. The van der Waals surface area contributed by atoms with E-state index in [-0.39, 0.29) is 27.4 Å². The fourth-order valence-electron chi connectivity index (χ4n) is 2.10. The zero-order valence-electron chi connectivity index (χ0n) is 9.00. The van der Waals surface area contributed by atoms with Crippen molar-refractivity contribution in [1.29, 1.82) is 0 Å². The molecule has 3 aromatic rings. The normalized spacial score (nSPS) is 11.2. The van der Waals surface area contributed by atoms with E-state index in [2.05, 4.69) is 4.98 Å². The highest BCUT2D eigenvalue weighted by molar-refractivity contribution is 6.06. The molecule has 0 saturated carbocycles. The summed E-state index contributed by atoms with van der Waals surface area (Å²) in [4.78, 5) is 14.2. The third-order valence-electron chi connectivity index (χ3n) is 2.83. The average Bonchev–Trinajstić information content (AvgIpc) is 2.29. The first kappa shape index (κ1) is 10.7. The Morgan fingerprint density at radius 2 is 1.83 bits per heavy atom. The molecular weight excluding hydrogens is 240 g/mol. The van der Waals surface area contributed by atoms with Gasteiger partial charge in [-0.25, -0.2) is 8.78 Å². The van der Waals surface area contributed by atoms with Crippen LogP contribution in [0.4, 0.5) is 8.78 Å². The van der Waals surface area contributed by atoms with E-state index in [0.29, 0.717) is 0 Å². The molecule has 1 aromatic heterocycles. The minimum atomic E-state index is -0.828. The number of aromatic nitrogens is 1. The van der Waals surface area contributed by atoms with Gasteiger partial charge in [-0.15, -0.1) is 0 Å². The number of fused-ring (bicyclic) bond motifs is 3. The Morgan fingerprint density at radius 1 is 1.06 bits per heavy atom. The Labute approximate surface area is 99.3 Å². The highest BCUT2D eigenvalue weighted by Crippen LogP contribution is 2.28. The number of rotatable bonds is 0. The van der Waals surface area contributed by atoms with Crippen LogP contribution >= 0.6 is 0 Å². The van der Waals surface area contributed by atoms with E-state index in [1.165, 1.54) is 18.2 Å². The first-order chi connectivity index (χ1) is 8.58. The average molecular weight is 247 g/mol. The number of aromatic amines is 1. The summed E-state index contributed by atoms with van der Waals surface area (Å²) in [7, 11) is 0. The molecule has 90 valence electrons. The molecule has 1 heterocycles. The second-order valence-electron chi connectivity index (χ2n) is 3.97. The molecular formula is C13H7F2NO2. The van der Waals surface area contributed by atoms with Crippen molar-refractivity contribution >= 4 is 21.7 Å². The van der Waals surface area contributed by atoms with E-state index >= 15 is 0 Å². The summed E-state index contributed by atoms with van der Waals surface area (Å²) in [5, 5.41) is 9.10. The lowest BCUT2D eigenvalue weighted by molar-refractivity contribution is 0.471. The topological polar surface area (TPSA) is 53.1 Å². The number of hydrogen-bond donors (Lipinski definition) is 2. The van der Waals surface area contributed by atoms with Crippen LogP contribution in [0.15, 0.2) is 35.1 Å². The van der Waals surface area contributed by atoms with Crippen LogP contribution in [-0.4, -0.2) is 10.1 Å². The van der Waals surface area contributed by atoms with Gasteiger partial charge in [-0.05, 0) is 18.2 Å². The van der Waals surface area contributed by atoms with Crippen LogP contribution in [0.1, 0.15) is 0 Å². The molecule has 0 saturated heterocycles. The summed E-state index contributed by atoms with van der Waals surface area (Å²) in [6.45, 7) is 0. The van der Waals surface area contributed by atoms with Crippen molar-refractivity contribution in [3.63, 3.8) is 0 Å². The number of nitrogens with one attached hydrogen (secondary N) is 1. The summed E-state index contributed by atoms with van der Waals surface area (Å²) >= 11 is 0. The molecule has 3 rings (SSSR count). The van der Waals surface area contributed by atoms with Crippen molar-refractivity contribution in [2.75, 3.05) is 0 Å². The van der Waals surface area contributed by atoms with Gasteiger partial charge in [0.05, 0.1) is 10.9 Å². The molecule has 3 nitrogen and oxygen atoms in total. The van der Waals surface area contributed by atoms with Gasteiger partial charge in [-0.3, -0.25) is 4.79 Å². The minimum absolute atomic E-state index is 0.00426. The van der Waals surface area contributed by atoms with Crippen molar-refractivity contribution in [2.24, 2.45) is 0 Å². The monoisotopic (exact) mass is 247 g/mol. The number of phenols is 1. The summed E-state index contributed by atoms with van der Waals surface area (Å²) in [6.07, 6.45) is 0. The third kappa shape index (κ3) is 1.37. The van der Waals surface area contributed by atoms with Crippen LogP contribution in [0.2, 0.25) is 0 Å². The second kappa shape index (κ2) is 3.53. The maximum Gasteiger partial charge on any atom is 0.256 e. The zero-order valence-corrected chi connectivity index (χ0v) is 9.00. The van der Waals surface area contributed by atoms with E-state index in [1.807, 2.05) is 0 Å². The largest absolute Gasteiger partial charge is 0.508 e. The Hall–Kier alpha value is -2.43. The smallest absolute Gasteiger partial charge is 0.256 e. The predicted molar refractivity (Wildman–Crippen MR) is 63.7 cm³/mol. The molecule has 0 aliphatic rings. The van der Waals surface area contributed by atoms with Crippen molar-refractivity contribution < 1.29 is 13.9 Å². The quantitative estimate of drug-likeness (QED) is 0.600. The predicted octanol–water partition coefficient (Wildman–Crippen LogP) is 2.67. The van der Waals surface area contributed by atoms with E-state index in [4.69, 9.17) is 0 Å². The maximum absolute atomic E-state index is 13.9. The maximum atomic E-state index is 13.9. The van der Waals surface area contributed by atoms with Crippen LogP contribution in [-0.2, 0) is 0 Å². The number of hydrogen-bond acceptors (Lipinski definition) is 2. The van der Waals surface area contributed by atoms with E-state index < -0.39 is 17.2 Å². The number of H-pyrrole nitrogens is 1. The lowest BCUT2D eigenvalue weighted by Gasteiger charge is -2.06. The number of halogens is 2. The Bertz CT molecular complexity index is 840. The number of aromatic hydroxyl groups is 1. The minimum Gasteiger partial charge on any atom is -0.508 e. The number of benzene rings is 2. The molecule has 0 radical (unpaired) electrons. The highest BCUT2D eigenvalue weighted by atomic mass is 19.1. The van der Waals surface area contributed by atoms with Gasteiger partial charge >= 0.3 is 0 Å². The number of pyridine rings is 1. The van der Waals surface area contributed by atoms with Gasteiger partial charge < -0.3 is 10.1 Å². The fraction of sp³-hybridized carbons (Fsp3) is 0. The van der Waals surface area contributed by atoms with Crippen LogP contribution < -0.4 is 5.56 Å². The van der Waals surface area contributed by atoms with Gasteiger partial charge in [0, 0.05) is 16.8 Å². The molecule has 0 atom stereocenters. The number of phenolic OH excluding ortho intramolecular Hbond substituents is 1. The molecule has 0 aliphatic carbocycles. The Morgan fingerprint density at radius 3 is 2.61 bits per heavy atom. The van der Waals surface area contributed by atoms with Gasteiger partial charge in [0.25, 0.3) is 5.56 Å². The molecule has 2 aromatic carbocycles. The molecule has 0 bridgehead atoms. The molecule has 0 amide bonds. The van der Waals surface area contributed by atoms with Gasteiger partial charge in [-0.1, -0.05) is 6.07 Å². The summed E-state index contributed by atoms with van der Waals surface area (Å²) < 4.78 is 27.6. The third-order valence-corrected chi connectivity index (χ3v) is 2.83. The van der Waals surface area contributed by atoms with Crippen LogP contribution in [0.5, 0.6) is 5.75 Å². The van der Waals surface area contributed by atoms with Gasteiger partial charge in [0.15, 0.2) is 0 Å². The van der Waals surface area contributed by atoms with E-state index in [9.17, 15) is 18.7 Å². The Balaban J connectivity index is 2.73. The molecule has 5 heteroatoms. The Kier molecular flexibility index (Phi) is 2.10. The summed E-state index contributed by atoms with van der Waals surface area (Å²) in [5.74, 6) is -1.83. The van der Waals surface area contributed by atoms with Gasteiger partial charge in [-0.2, -0.15) is 0 Å². The summed E-state index contributed by atoms with van der Waals surface area (Å²) in [5.41, 5.74) is -0.352. The fourth-order valence-corrected chi connectivity index (χ4v) is 2.10. The van der Waals surface area contributed by atoms with Crippen molar-refractivity contribution in [2.45, 2.75) is 0 Å².